The van der Waals surface area contributed by atoms with E-state index in [4.69, 9.17) is 4.98 Å². The number of benzene rings is 2. The minimum absolute atomic E-state index is 0. The predicted octanol–water partition coefficient (Wildman–Crippen LogP) is 3.71. The monoisotopic (exact) mass is 463 g/mol. The molecule has 0 atom stereocenters. The summed E-state index contributed by atoms with van der Waals surface area (Å²) in [6.07, 6.45) is 0. The maximum Gasteiger partial charge on any atom is 0.194 e. The molecular weight excluding hydrogens is 437 g/mol. The molecule has 3 aromatic rings. The van der Waals surface area contributed by atoms with Gasteiger partial charge in [-0.05, 0) is 30.2 Å². The zero-order valence-corrected chi connectivity index (χ0v) is 18.1. The van der Waals surface area contributed by atoms with Crippen LogP contribution >= 0.6 is 24.0 Å². The van der Waals surface area contributed by atoms with E-state index in [1.165, 1.54) is 11.1 Å². The summed E-state index contributed by atoms with van der Waals surface area (Å²) in [6.45, 7) is 3.59. The highest BCUT2D eigenvalue weighted by Gasteiger charge is 2.11. The van der Waals surface area contributed by atoms with Gasteiger partial charge in [-0.25, -0.2) is 4.98 Å². The van der Waals surface area contributed by atoms with Crippen molar-refractivity contribution in [1.82, 2.24) is 19.8 Å². The molecule has 0 unspecified atom stereocenters. The van der Waals surface area contributed by atoms with E-state index in [1.54, 1.807) is 0 Å². The summed E-state index contributed by atoms with van der Waals surface area (Å²) in [5.41, 5.74) is 4.75. The fourth-order valence-corrected chi connectivity index (χ4v) is 3.01. The van der Waals surface area contributed by atoms with Gasteiger partial charge in [-0.2, -0.15) is 0 Å². The predicted molar refractivity (Wildman–Crippen MR) is 119 cm³/mol. The number of fused-ring (bicyclic) bond motifs is 1. The summed E-state index contributed by atoms with van der Waals surface area (Å²) in [5, 5.41) is 3.42. The lowest BCUT2D eigenvalue weighted by Gasteiger charge is -2.23. The van der Waals surface area contributed by atoms with Crippen LogP contribution in [0.15, 0.2) is 53.5 Å². The number of halogens is 1. The minimum atomic E-state index is 0. The Balaban J connectivity index is 0.00000243. The molecular formula is C20H26IN5. The lowest BCUT2D eigenvalue weighted by Crippen LogP contribution is -2.38. The molecule has 0 aliphatic rings. The van der Waals surface area contributed by atoms with Gasteiger partial charge in [0.1, 0.15) is 5.82 Å². The molecule has 2 aromatic carbocycles. The van der Waals surface area contributed by atoms with Crippen molar-refractivity contribution in [2.45, 2.75) is 20.0 Å². The van der Waals surface area contributed by atoms with Gasteiger partial charge in [-0.1, -0.05) is 36.4 Å². The van der Waals surface area contributed by atoms with Crippen molar-refractivity contribution < 1.29 is 0 Å². The van der Waals surface area contributed by atoms with Crippen molar-refractivity contribution in [3.05, 3.63) is 65.5 Å². The fourth-order valence-electron chi connectivity index (χ4n) is 3.01. The normalized spacial score (nSPS) is 11.3. The fraction of sp³-hybridized carbons (Fsp3) is 0.300. The van der Waals surface area contributed by atoms with Gasteiger partial charge in [0.05, 0.1) is 17.6 Å². The summed E-state index contributed by atoms with van der Waals surface area (Å²) in [5.74, 6) is 1.85. The van der Waals surface area contributed by atoms with Crippen molar-refractivity contribution in [1.29, 1.82) is 0 Å². The second-order valence-corrected chi connectivity index (χ2v) is 6.26. The van der Waals surface area contributed by atoms with Gasteiger partial charge in [-0.3, -0.25) is 4.99 Å². The molecule has 0 saturated carbocycles. The summed E-state index contributed by atoms with van der Waals surface area (Å²) < 4.78 is 2.12. The van der Waals surface area contributed by atoms with Gasteiger partial charge in [0.15, 0.2) is 5.96 Å². The van der Waals surface area contributed by atoms with Crippen molar-refractivity contribution in [2.24, 2.45) is 12.0 Å². The zero-order chi connectivity index (χ0) is 17.8. The van der Waals surface area contributed by atoms with Crippen LogP contribution < -0.4 is 5.32 Å². The van der Waals surface area contributed by atoms with E-state index in [0.29, 0.717) is 6.54 Å². The number of aromatic nitrogens is 2. The van der Waals surface area contributed by atoms with E-state index in [1.807, 2.05) is 32.3 Å². The SMILES string of the molecule is CN=C(NCc1nc2ccccc2n1C)N(C)Cc1ccccc1C.I. The number of hydrogen-bond donors (Lipinski definition) is 1. The number of rotatable bonds is 4. The number of aliphatic imine (C=N–C) groups is 1. The van der Waals surface area contributed by atoms with Gasteiger partial charge in [0.25, 0.3) is 0 Å². The van der Waals surface area contributed by atoms with Crippen LogP contribution in [0.4, 0.5) is 0 Å². The van der Waals surface area contributed by atoms with Gasteiger partial charge in [0.2, 0.25) is 0 Å². The molecule has 0 fully saturated rings. The van der Waals surface area contributed by atoms with E-state index < -0.39 is 0 Å². The largest absolute Gasteiger partial charge is 0.349 e. The molecule has 138 valence electrons. The van der Waals surface area contributed by atoms with Crippen LogP contribution in [0.1, 0.15) is 17.0 Å². The van der Waals surface area contributed by atoms with Crippen LogP contribution in [0.25, 0.3) is 11.0 Å². The topological polar surface area (TPSA) is 45.5 Å². The van der Waals surface area contributed by atoms with Gasteiger partial charge in [-0.15, -0.1) is 24.0 Å². The first-order valence-electron chi connectivity index (χ1n) is 8.46. The molecule has 26 heavy (non-hydrogen) atoms. The molecule has 0 radical (unpaired) electrons. The molecule has 6 heteroatoms. The van der Waals surface area contributed by atoms with Crippen LogP contribution in [0.3, 0.4) is 0 Å². The van der Waals surface area contributed by atoms with Gasteiger partial charge < -0.3 is 14.8 Å². The average molecular weight is 463 g/mol. The summed E-state index contributed by atoms with van der Waals surface area (Å²) in [6, 6.07) is 16.6. The molecule has 0 saturated heterocycles. The third-order valence-corrected chi connectivity index (χ3v) is 4.53. The molecule has 1 N–H and O–H groups in total. The molecule has 0 amide bonds. The highest BCUT2D eigenvalue weighted by Crippen LogP contribution is 2.14. The molecule has 5 nitrogen and oxygen atoms in total. The number of hydrogen-bond acceptors (Lipinski definition) is 2. The highest BCUT2D eigenvalue weighted by molar-refractivity contribution is 14.0. The smallest absolute Gasteiger partial charge is 0.194 e. The lowest BCUT2D eigenvalue weighted by atomic mass is 10.1. The lowest BCUT2D eigenvalue weighted by molar-refractivity contribution is 0.473. The van der Waals surface area contributed by atoms with E-state index in [0.717, 1.165) is 29.4 Å². The number of nitrogens with one attached hydrogen (secondary N) is 1. The first kappa shape index (κ1) is 20.2. The van der Waals surface area contributed by atoms with E-state index in [-0.39, 0.29) is 24.0 Å². The van der Waals surface area contributed by atoms with Crippen LogP contribution in [-0.4, -0.2) is 34.5 Å². The van der Waals surface area contributed by atoms with Crippen LogP contribution in [0.2, 0.25) is 0 Å². The maximum absolute atomic E-state index is 4.70. The number of imidazole rings is 1. The first-order valence-corrected chi connectivity index (χ1v) is 8.46. The Kier molecular flexibility index (Phi) is 7.02. The van der Waals surface area contributed by atoms with E-state index >= 15 is 0 Å². The average Bonchev–Trinajstić information content (AvgIpc) is 2.94. The van der Waals surface area contributed by atoms with Crippen LogP contribution in [0.5, 0.6) is 0 Å². The standard InChI is InChI=1S/C20H25N5.HI/c1-15-9-5-6-10-16(15)14-24(3)20(21-2)22-13-19-23-17-11-7-8-12-18(17)25(19)4;/h5-12H,13-14H2,1-4H3,(H,21,22);1H. The van der Waals surface area contributed by atoms with E-state index in [2.05, 4.69) is 64.1 Å². The molecule has 0 bridgehead atoms. The van der Waals surface area contributed by atoms with Gasteiger partial charge in [0, 0.05) is 27.7 Å². The Hall–Kier alpha value is -2.09. The third kappa shape index (κ3) is 4.35. The molecule has 0 aliphatic heterocycles. The minimum Gasteiger partial charge on any atom is -0.349 e. The Morgan fingerprint density at radius 1 is 1.15 bits per heavy atom. The molecule has 0 aliphatic carbocycles. The quantitative estimate of drug-likeness (QED) is 0.365. The zero-order valence-electron chi connectivity index (χ0n) is 15.7. The number of guanidine groups is 1. The summed E-state index contributed by atoms with van der Waals surface area (Å²) in [4.78, 5) is 11.2. The van der Waals surface area contributed by atoms with Crippen molar-refractivity contribution in [3.63, 3.8) is 0 Å². The van der Waals surface area contributed by atoms with Crippen molar-refractivity contribution in [3.8, 4) is 0 Å². The van der Waals surface area contributed by atoms with Crippen LogP contribution in [-0.2, 0) is 20.1 Å². The summed E-state index contributed by atoms with van der Waals surface area (Å²) in [7, 11) is 5.91. The second kappa shape index (κ2) is 9.02. The number of aryl methyl sites for hydroxylation is 2. The maximum atomic E-state index is 4.70. The second-order valence-electron chi connectivity index (χ2n) is 6.26. The Morgan fingerprint density at radius 3 is 2.54 bits per heavy atom. The molecule has 1 heterocycles. The van der Waals surface area contributed by atoms with Crippen molar-refractivity contribution in [2.75, 3.05) is 14.1 Å². The molecule has 3 rings (SSSR count). The highest BCUT2D eigenvalue weighted by atomic mass is 127. The van der Waals surface area contributed by atoms with Crippen molar-refractivity contribution >= 4 is 41.0 Å². The Morgan fingerprint density at radius 2 is 1.85 bits per heavy atom. The Bertz CT molecular complexity index is 900. The number of nitrogens with zero attached hydrogens (tertiary/aromatic N) is 4. The first-order chi connectivity index (χ1) is 12.1. The third-order valence-electron chi connectivity index (χ3n) is 4.53. The van der Waals surface area contributed by atoms with Crippen LogP contribution in [0, 0.1) is 6.92 Å². The Labute approximate surface area is 172 Å². The van der Waals surface area contributed by atoms with Gasteiger partial charge >= 0.3 is 0 Å². The molecule has 0 spiro atoms. The molecule has 1 aromatic heterocycles. The van der Waals surface area contributed by atoms with E-state index in [9.17, 15) is 0 Å². The number of para-hydroxylation sites is 2. The summed E-state index contributed by atoms with van der Waals surface area (Å²) >= 11 is 0.